The molecule has 0 radical (unpaired) electrons. The molecule has 0 saturated heterocycles. The summed E-state index contributed by atoms with van der Waals surface area (Å²) in [6.07, 6.45) is 1.57. The van der Waals surface area contributed by atoms with E-state index >= 15 is 0 Å². The molecule has 0 saturated carbocycles. The predicted octanol–water partition coefficient (Wildman–Crippen LogP) is 6.71. The maximum Gasteiger partial charge on any atom is 0.255 e. The second-order valence-electron chi connectivity index (χ2n) is 5.99. The van der Waals surface area contributed by atoms with E-state index in [4.69, 9.17) is 23.2 Å². The number of aromatic nitrogens is 2. The number of nitrogens with one attached hydrogen (secondary N) is 1. The normalized spacial score (nSPS) is 11.0. The number of fused-ring (bicyclic) bond motifs is 1. The van der Waals surface area contributed by atoms with Crippen molar-refractivity contribution in [3.63, 3.8) is 0 Å². The molecule has 0 bridgehead atoms. The van der Waals surface area contributed by atoms with Crippen molar-refractivity contribution in [2.75, 3.05) is 5.32 Å². The van der Waals surface area contributed by atoms with Gasteiger partial charge in [0.2, 0.25) is 0 Å². The van der Waals surface area contributed by atoms with Gasteiger partial charge in [0, 0.05) is 25.9 Å². The smallest absolute Gasteiger partial charge is 0.255 e. The fourth-order valence-electron chi connectivity index (χ4n) is 2.70. The molecule has 4 aromatic rings. The minimum atomic E-state index is -0.281. The number of aryl methyl sites for hydroxylation is 1. The van der Waals surface area contributed by atoms with Crippen LogP contribution in [0.4, 0.5) is 5.69 Å². The van der Waals surface area contributed by atoms with E-state index in [1.165, 1.54) is 11.8 Å². The molecule has 2 aromatic carbocycles. The lowest BCUT2D eigenvalue weighted by Crippen LogP contribution is -2.12. The molecule has 4 rings (SSSR count). The first kappa shape index (κ1) is 19.2. The predicted molar refractivity (Wildman–Crippen MR) is 117 cm³/mol. The number of hydrogen-bond donors (Lipinski definition) is 1. The van der Waals surface area contributed by atoms with Crippen LogP contribution in [0.15, 0.2) is 64.1 Å². The average Bonchev–Trinajstić information content (AvgIpc) is 3.04. The molecule has 1 N–H and O–H groups in total. The van der Waals surface area contributed by atoms with Crippen LogP contribution in [0.2, 0.25) is 10.0 Å². The number of benzene rings is 2. The van der Waals surface area contributed by atoms with E-state index in [-0.39, 0.29) is 5.91 Å². The quantitative estimate of drug-likeness (QED) is 0.354. The minimum Gasteiger partial charge on any atom is -0.321 e. The second-order valence-corrected chi connectivity index (χ2v) is 8.75. The summed E-state index contributed by atoms with van der Waals surface area (Å²) in [6.45, 7) is 2.04. The maximum absolute atomic E-state index is 12.7. The topological polar surface area (TPSA) is 54.9 Å². The van der Waals surface area contributed by atoms with Crippen molar-refractivity contribution >= 4 is 68.1 Å². The number of anilines is 1. The summed E-state index contributed by atoms with van der Waals surface area (Å²) in [6, 6.07) is 12.4. The molecule has 2 aromatic heterocycles. The molecule has 0 aliphatic rings. The summed E-state index contributed by atoms with van der Waals surface area (Å²) in [4.78, 5) is 23.3. The van der Waals surface area contributed by atoms with E-state index in [0.29, 0.717) is 21.3 Å². The van der Waals surface area contributed by atoms with E-state index in [0.717, 1.165) is 25.7 Å². The molecule has 0 unspecified atom stereocenters. The van der Waals surface area contributed by atoms with Gasteiger partial charge in [0.05, 0.1) is 5.69 Å². The van der Waals surface area contributed by atoms with E-state index in [2.05, 4.69) is 20.7 Å². The summed E-state index contributed by atoms with van der Waals surface area (Å²) in [5.74, 6) is -0.281. The third-order valence-corrected chi connectivity index (χ3v) is 6.51. The standard InChI is InChI=1S/C20H13Cl2N3OS2/c1-11-9-27-19-17(11)20(24-10-23-19)28-16-5-3-2-4-15(16)25-18(26)12-6-13(21)8-14(22)7-12/h2-10H,1H3,(H,25,26). The zero-order valence-corrected chi connectivity index (χ0v) is 17.7. The molecule has 8 heteroatoms. The Bertz CT molecular complexity index is 1170. The maximum atomic E-state index is 12.7. The highest BCUT2D eigenvalue weighted by atomic mass is 35.5. The Balaban J connectivity index is 1.65. The highest BCUT2D eigenvalue weighted by Gasteiger charge is 2.14. The average molecular weight is 446 g/mol. The number of rotatable bonds is 4. The lowest BCUT2D eigenvalue weighted by atomic mass is 10.2. The molecule has 4 nitrogen and oxygen atoms in total. The summed E-state index contributed by atoms with van der Waals surface area (Å²) < 4.78 is 0. The second kappa shape index (κ2) is 8.09. The molecule has 28 heavy (non-hydrogen) atoms. The van der Waals surface area contributed by atoms with Crippen LogP contribution < -0.4 is 5.32 Å². The zero-order chi connectivity index (χ0) is 19.7. The Morgan fingerprint density at radius 2 is 1.86 bits per heavy atom. The number of carbonyl (C=O) groups excluding carboxylic acids is 1. The van der Waals surface area contributed by atoms with Gasteiger partial charge in [-0.1, -0.05) is 47.1 Å². The Labute approximate surface area is 179 Å². The lowest BCUT2D eigenvalue weighted by Gasteiger charge is -2.11. The van der Waals surface area contributed by atoms with Gasteiger partial charge >= 0.3 is 0 Å². The van der Waals surface area contributed by atoms with Gasteiger partial charge in [-0.2, -0.15) is 0 Å². The molecule has 1 amide bonds. The third-order valence-electron chi connectivity index (χ3n) is 3.99. The van der Waals surface area contributed by atoms with Gasteiger partial charge in [-0.15, -0.1) is 11.3 Å². The van der Waals surface area contributed by atoms with Crippen LogP contribution in [0.3, 0.4) is 0 Å². The van der Waals surface area contributed by atoms with Gasteiger partial charge in [0.1, 0.15) is 16.2 Å². The first-order chi connectivity index (χ1) is 13.5. The van der Waals surface area contributed by atoms with E-state index in [1.54, 1.807) is 35.9 Å². The number of thiophene rings is 1. The molecule has 0 spiro atoms. The highest BCUT2D eigenvalue weighted by molar-refractivity contribution is 7.99. The first-order valence-corrected chi connectivity index (χ1v) is 10.7. The van der Waals surface area contributed by atoms with Crippen molar-refractivity contribution in [2.45, 2.75) is 16.8 Å². The Morgan fingerprint density at radius 3 is 2.64 bits per heavy atom. The van der Waals surface area contributed by atoms with Gasteiger partial charge in [-0.05, 0) is 48.2 Å². The van der Waals surface area contributed by atoms with Crippen LogP contribution in [0.5, 0.6) is 0 Å². The number of amides is 1. The summed E-state index contributed by atoms with van der Waals surface area (Å²) in [7, 11) is 0. The van der Waals surface area contributed by atoms with Crippen LogP contribution in [0, 0.1) is 6.92 Å². The largest absolute Gasteiger partial charge is 0.321 e. The van der Waals surface area contributed by atoms with E-state index in [1.807, 2.05) is 31.2 Å². The fourth-order valence-corrected chi connectivity index (χ4v) is 5.23. The van der Waals surface area contributed by atoms with Crippen molar-refractivity contribution in [1.82, 2.24) is 9.97 Å². The van der Waals surface area contributed by atoms with Crippen molar-refractivity contribution in [3.8, 4) is 0 Å². The van der Waals surface area contributed by atoms with Crippen LogP contribution in [-0.2, 0) is 0 Å². The van der Waals surface area contributed by atoms with Crippen LogP contribution in [0.25, 0.3) is 10.2 Å². The molecular formula is C20H13Cl2N3OS2. The van der Waals surface area contributed by atoms with Gasteiger partial charge in [0.15, 0.2) is 0 Å². The minimum absolute atomic E-state index is 0.281. The van der Waals surface area contributed by atoms with Gasteiger partial charge in [0.25, 0.3) is 5.91 Å². The summed E-state index contributed by atoms with van der Waals surface area (Å²) in [5, 5.41) is 7.74. The van der Waals surface area contributed by atoms with Gasteiger partial charge in [-0.25, -0.2) is 9.97 Å². The van der Waals surface area contributed by atoms with Crippen molar-refractivity contribution in [2.24, 2.45) is 0 Å². The number of carbonyl (C=O) groups is 1. The van der Waals surface area contributed by atoms with Crippen molar-refractivity contribution in [3.05, 3.63) is 75.3 Å². The number of para-hydroxylation sites is 1. The van der Waals surface area contributed by atoms with E-state index < -0.39 is 0 Å². The lowest BCUT2D eigenvalue weighted by molar-refractivity contribution is 0.102. The number of hydrogen-bond acceptors (Lipinski definition) is 5. The third kappa shape index (κ3) is 4.00. The summed E-state index contributed by atoms with van der Waals surface area (Å²) >= 11 is 15.1. The van der Waals surface area contributed by atoms with Crippen LogP contribution in [0.1, 0.15) is 15.9 Å². The van der Waals surface area contributed by atoms with Gasteiger partial charge < -0.3 is 5.32 Å². The van der Waals surface area contributed by atoms with Crippen LogP contribution >= 0.6 is 46.3 Å². The molecule has 0 fully saturated rings. The highest BCUT2D eigenvalue weighted by Crippen LogP contribution is 2.38. The number of nitrogens with zero attached hydrogens (tertiary/aromatic N) is 2. The molecule has 2 heterocycles. The monoisotopic (exact) mass is 445 g/mol. The zero-order valence-electron chi connectivity index (χ0n) is 14.6. The summed E-state index contributed by atoms with van der Waals surface area (Å²) in [5.41, 5.74) is 2.22. The fraction of sp³-hybridized carbons (Fsp3) is 0.0500. The number of halogens is 2. The van der Waals surface area contributed by atoms with Gasteiger partial charge in [-0.3, -0.25) is 4.79 Å². The van der Waals surface area contributed by atoms with Crippen molar-refractivity contribution in [1.29, 1.82) is 0 Å². The van der Waals surface area contributed by atoms with Crippen LogP contribution in [-0.4, -0.2) is 15.9 Å². The molecule has 0 aliphatic carbocycles. The molecule has 140 valence electrons. The molecule has 0 atom stereocenters. The Morgan fingerprint density at radius 1 is 1.11 bits per heavy atom. The molecule has 0 aliphatic heterocycles. The molecular weight excluding hydrogens is 433 g/mol. The van der Waals surface area contributed by atoms with E-state index in [9.17, 15) is 4.79 Å². The SMILES string of the molecule is Cc1csc2ncnc(Sc3ccccc3NC(=O)c3cc(Cl)cc(Cl)c3)c12. The first-order valence-electron chi connectivity index (χ1n) is 8.24. The van der Waals surface area contributed by atoms with Crippen molar-refractivity contribution < 1.29 is 4.79 Å². The Hall–Kier alpha value is -2.12. The Kier molecular flexibility index (Phi) is 5.55.